The van der Waals surface area contributed by atoms with E-state index < -0.39 is 0 Å². The molecule has 21 heavy (non-hydrogen) atoms. The zero-order valence-electron chi connectivity index (χ0n) is 13.1. The smallest absolute Gasteiger partial charge is 0.321 e. The van der Waals surface area contributed by atoms with Crippen LogP contribution in [0.2, 0.25) is 0 Å². The number of carbonyl (C=O) groups excluding carboxylic acids is 1. The monoisotopic (exact) mass is 286 g/mol. The maximum absolute atomic E-state index is 12.2. The predicted molar refractivity (Wildman–Crippen MR) is 84.3 cm³/mol. The summed E-state index contributed by atoms with van der Waals surface area (Å²) in [5, 5.41) is 7.15. The van der Waals surface area contributed by atoms with Crippen molar-refractivity contribution in [2.24, 2.45) is 0 Å². The molecule has 0 atom stereocenters. The van der Waals surface area contributed by atoms with E-state index in [1.807, 2.05) is 43.8 Å². The van der Waals surface area contributed by atoms with Crippen LogP contribution in [0.4, 0.5) is 10.5 Å². The van der Waals surface area contributed by atoms with Gasteiger partial charge in [-0.05, 0) is 32.4 Å². The highest BCUT2D eigenvalue weighted by atomic mass is 16.2. The summed E-state index contributed by atoms with van der Waals surface area (Å²) < 4.78 is 1.85. The summed E-state index contributed by atoms with van der Waals surface area (Å²) in [4.78, 5) is 13.9. The lowest BCUT2D eigenvalue weighted by Crippen LogP contribution is -2.31. The van der Waals surface area contributed by atoms with E-state index in [0.29, 0.717) is 6.54 Å². The molecule has 1 aromatic carbocycles. The van der Waals surface area contributed by atoms with Gasteiger partial charge in [0.15, 0.2) is 0 Å². The van der Waals surface area contributed by atoms with Crippen LogP contribution in [0.3, 0.4) is 0 Å². The van der Waals surface area contributed by atoms with Gasteiger partial charge < -0.3 is 10.2 Å². The normalized spacial score (nSPS) is 10.5. The number of urea groups is 1. The first-order valence-electron chi connectivity index (χ1n) is 7.10. The Balaban J connectivity index is 1.99. The standard InChI is InChI=1S/C16H22N4O/c1-5-20-11-14(9-17-20)10-19(4)16(21)18-15-7-6-12(2)8-13(15)3/h6-9,11H,5,10H2,1-4H3,(H,18,21). The van der Waals surface area contributed by atoms with Crippen molar-refractivity contribution in [2.75, 3.05) is 12.4 Å². The Hall–Kier alpha value is -2.30. The van der Waals surface area contributed by atoms with E-state index in [2.05, 4.69) is 16.5 Å². The molecule has 1 N–H and O–H groups in total. The molecule has 0 saturated heterocycles. The van der Waals surface area contributed by atoms with Crippen LogP contribution in [-0.2, 0) is 13.1 Å². The molecule has 2 aromatic rings. The molecule has 0 bridgehead atoms. The number of amides is 2. The van der Waals surface area contributed by atoms with Crippen LogP contribution in [0.15, 0.2) is 30.6 Å². The molecule has 5 heteroatoms. The summed E-state index contributed by atoms with van der Waals surface area (Å²) in [7, 11) is 1.78. The van der Waals surface area contributed by atoms with Gasteiger partial charge in [0.25, 0.3) is 0 Å². The van der Waals surface area contributed by atoms with Gasteiger partial charge in [0.2, 0.25) is 0 Å². The molecule has 5 nitrogen and oxygen atoms in total. The van der Waals surface area contributed by atoms with Gasteiger partial charge in [-0.3, -0.25) is 4.68 Å². The molecular weight excluding hydrogens is 264 g/mol. The van der Waals surface area contributed by atoms with Crippen molar-refractivity contribution >= 4 is 11.7 Å². The van der Waals surface area contributed by atoms with Gasteiger partial charge in [0.1, 0.15) is 0 Å². The van der Waals surface area contributed by atoms with Crippen molar-refractivity contribution in [2.45, 2.75) is 33.9 Å². The highest BCUT2D eigenvalue weighted by Crippen LogP contribution is 2.16. The number of aryl methyl sites for hydroxylation is 3. The van der Waals surface area contributed by atoms with Crippen LogP contribution >= 0.6 is 0 Å². The van der Waals surface area contributed by atoms with Crippen molar-refractivity contribution in [3.63, 3.8) is 0 Å². The fourth-order valence-electron chi connectivity index (χ4n) is 2.17. The number of nitrogens with one attached hydrogen (secondary N) is 1. The first-order valence-corrected chi connectivity index (χ1v) is 7.10. The van der Waals surface area contributed by atoms with Crippen molar-refractivity contribution in [1.29, 1.82) is 0 Å². The number of anilines is 1. The SMILES string of the molecule is CCn1cc(CN(C)C(=O)Nc2ccc(C)cc2C)cn1. The van der Waals surface area contributed by atoms with Gasteiger partial charge in [0, 0.05) is 31.0 Å². The van der Waals surface area contributed by atoms with Crippen LogP contribution in [0.1, 0.15) is 23.6 Å². The Labute approximate surface area is 125 Å². The molecule has 0 aliphatic rings. The topological polar surface area (TPSA) is 50.2 Å². The lowest BCUT2D eigenvalue weighted by atomic mass is 10.1. The highest BCUT2D eigenvalue weighted by Gasteiger charge is 2.11. The van der Waals surface area contributed by atoms with Crippen molar-refractivity contribution in [1.82, 2.24) is 14.7 Å². The third-order valence-electron chi connectivity index (χ3n) is 3.40. The molecule has 0 aliphatic carbocycles. The fourth-order valence-corrected chi connectivity index (χ4v) is 2.17. The number of hydrogen-bond acceptors (Lipinski definition) is 2. The van der Waals surface area contributed by atoms with E-state index in [0.717, 1.165) is 23.4 Å². The number of benzene rings is 1. The lowest BCUT2D eigenvalue weighted by Gasteiger charge is -2.18. The number of hydrogen-bond donors (Lipinski definition) is 1. The van der Waals surface area contributed by atoms with Gasteiger partial charge >= 0.3 is 6.03 Å². The largest absolute Gasteiger partial charge is 0.323 e. The third kappa shape index (κ3) is 3.84. The van der Waals surface area contributed by atoms with E-state index in [-0.39, 0.29) is 6.03 Å². The van der Waals surface area contributed by atoms with Gasteiger partial charge in [-0.2, -0.15) is 5.10 Å². The van der Waals surface area contributed by atoms with Crippen LogP contribution in [-0.4, -0.2) is 27.8 Å². The molecule has 0 saturated carbocycles. The van der Waals surface area contributed by atoms with E-state index in [1.165, 1.54) is 5.56 Å². The Kier molecular flexibility index (Phi) is 4.62. The second kappa shape index (κ2) is 6.43. The molecule has 0 spiro atoms. The van der Waals surface area contributed by atoms with Gasteiger partial charge in [-0.1, -0.05) is 17.7 Å². The minimum atomic E-state index is -0.119. The van der Waals surface area contributed by atoms with E-state index >= 15 is 0 Å². The van der Waals surface area contributed by atoms with Gasteiger partial charge in [-0.15, -0.1) is 0 Å². The van der Waals surface area contributed by atoms with Crippen LogP contribution in [0, 0.1) is 13.8 Å². The van der Waals surface area contributed by atoms with Crippen LogP contribution in [0.25, 0.3) is 0 Å². The molecule has 112 valence electrons. The van der Waals surface area contributed by atoms with Crippen molar-refractivity contribution in [3.8, 4) is 0 Å². The first-order chi connectivity index (χ1) is 9.99. The summed E-state index contributed by atoms with van der Waals surface area (Å²) in [5.74, 6) is 0. The summed E-state index contributed by atoms with van der Waals surface area (Å²) >= 11 is 0. The minimum Gasteiger partial charge on any atom is -0.323 e. The predicted octanol–water partition coefficient (Wildman–Crippen LogP) is 3.18. The number of rotatable bonds is 4. The fraction of sp³-hybridized carbons (Fsp3) is 0.375. The second-order valence-electron chi connectivity index (χ2n) is 5.31. The van der Waals surface area contributed by atoms with E-state index in [4.69, 9.17) is 0 Å². The van der Waals surface area contributed by atoms with E-state index in [1.54, 1.807) is 18.1 Å². The molecule has 2 rings (SSSR count). The van der Waals surface area contributed by atoms with Gasteiger partial charge in [-0.25, -0.2) is 4.79 Å². The minimum absolute atomic E-state index is 0.119. The Bertz CT molecular complexity index is 633. The lowest BCUT2D eigenvalue weighted by molar-refractivity contribution is 0.220. The number of aromatic nitrogens is 2. The number of carbonyl (C=O) groups is 1. The Morgan fingerprint density at radius 3 is 2.76 bits per heavy atom. The van der Waals surface area contributed by atoms with Gasteiger partial charge in [0.05, 0.1) is 12.7 Å². The Morgan fingerprint density at radius 2 is 2.14 bits per heavy atom. The quantitative estimate of drug-likeness (QED) is 0.938. The molecule has 1 aromatic heterocycles. The van der Waals surface area contributed by atoms with E-state index in [9.17, 15) is 4.79 Å². The highest BCUT2D eigenvalue weighted by molar-refractivity contribution is 5.89. The molecule has 0 fully saturated rings. The van der Waals surface area contributed by atoms with Crippen molar-refractivity contribution in [3.05, 3.63) is 47.3 Å². The summed E-state index contributed by atoms with van der Waals surface area (Å²) in [5.41, 5.74) is 4.12. The average Bonchev–Trinajstić information content (AvgIpc) is 2.89. The maximum atomic E-state index is 12.2. The third-order valence-corrected chi connectivity index (χ3v) is 3.40. The summed E-state index contributed by atoms with van der Waals surface area (Å²) in [6, 6.07) is 5.87. The zero-order valence-corrected chi connectivity index (χ0v) is 13.1. The molecule has 0 unspecified atom stereocenters. The second-order valence-corrected chi connectivity index (χ2v) is 5.31. The molecule has 0 aliphatic heterocycles. The summed E-state index contributed by atoms with van der Waals surface area (Å²) in [6.45, 7) is 7.44. The first kappa shape index (κ1) is 15.1. The zero-order chi connectivity index (χ0) is 15.4. The Morgan fingerprint density at radius 1 is 1.38 bits per heavy atom. The average molecular weight is 286 g/mol. The number of nitrogens with zero attached hydrogens (tertiary/aromatic N) is 3. The molecular formula is C16H22N4O. The summed E-state index contributed by atoms with van der Waals surface area (Å²) in [6.07, 6.45) is 3.76. The molecule has 0 radical (unpaired) electrons. The van der Waals surface area contributed by atoms with Crippen molar-refractivity contribution < 1.29 is 4.79 Å². The van der Waals surface area contributed by atoms with Crippen LogP contribution < -0.4 is 5.32 Å². The van der Waals surface area contributed by atoms with Crippen LogP contribution in [0.5, 0.6) is 0 Å². The molecule has 2 amide bonds. The maximum Gasteiger partial charge on any atom is 0.321 e. The molecule has 1 heterocycles.